The molecule has 0 saturated heterocycles. The first-order valence-corrected chi connectivity index (χ1v) is 4.17. The van der Waals surface area contributed by atoms with E-state index in [0.29, 0.717) is 0 Å². The van der Waals surface area contributed by atoms with Crippen LogP contribution in [0.1, 0.15) is 12.1 Å². The summed E-state index contributed by atoms with van der Waals surface area (Å²) in [5.74, 6) is 0.713. The molecule has 0 aliphatic heterocycles. The molecule has 66 valence electrons. The number of aromatic nitrogens is 2. The lowest BCUT2D eigenvalue weighted by atomic mass is 10.2. The molecule has 1 aromatic rings. The summed E-state index contributed by atoms with van der Waals surface area (Å²) in [5, 5.41) is 16.3. The third-order valence-electron chi connectivity index (χ3n) is 1.41. The zero-order chi connectivity index (χ0) is 8.97. The van der Waals surface area contributed by atoms with Crippen LogP contribution >= 0.6 is 12.6 Å². The molecule has 0 saturated carbocycles. The van der Waals surface area contributed by atoms with Crippen molar-refractivity contribution in [2.75, 3.05) is 5.75 Å². The summed E-state index contributed by atoms with van der Waals surface area (Å²) in [4.78, 5) is 9.72. The van der Waals surface area contributed by atoms with Crippen molar-refractivity contribution in [2.24, 2.45) is 0 Å². The standard InChI is InChI=1S/C6H9N3O2S/c10-9(11)6-4-5(7-8-6)2-1-3-12/h4,12H,1-3H2,(H,7,8). The van der Waals surface area contributed by atoms with Crippen molar-refractivity contribution in [1.29, 1.82) is 0 Å². The Bertz CT molecular complexity index is 274. The van der Waals surface area contributed by atoms with Gasteiger partial charge in [-0.3, -0.25) is 0 Å². The van der Waals surface area contributed by atoms with Gasteiger partial charge in [0.25, 0.3) is 0 Å². The average molecular weight is 187 g/mol. The van der Waals surface area contributed by atoms with Gasteiger partial charge in [-0.25, -0.2) is 0 Å². The van der Waals surface area contributed by atoms with Crippen LogP contribution in [-0.2, 0) is 6.42 Å². The summed E-state index contributed by atoms with van der Waals surface area (Å²) in [5.41, 5.74) is 0.718. The van der Waals surface area contributed by atoms with Gasteiger partial charge in [0.1, 0.15) is 0 Å². The van der Waals surface area contributed by atoms with Crippen molar-refractivity contribution in [3.63, 3.8) is 0 Å². The molecule has 1 aromatic heterocycles. The number of nitrogens with one attached hydrogen (secondary N) is 1. The number of rotatable bonds is 4. The maximum absolute atomic E-state index is 10.2. The van der Waals surface area contributed by atoms with Crippen molar-refractivity contribution >= 4 is 18.4 Å². The molecule has 0 aliphatic carbocycles. The third-order valence-corrected chi connectivity index (χ3v) is 1.72. The second-order valence-corrected chi connectivity index (χ2v) is 2.78. The van der Waals surface area contributed by atoms with Crippen molar-refractivity contribution in [3.8, 4) is 0 Å². The van der Waals surface area contributed by atoms with Crippen LogP contribution in [0, 0.1) is 10.1 Å². The molecule has 0 radical (unpaired) electrons. The first kappa shape index (κ1) is 9.05. The van der Waals surface area contributed by atoms with Crippen molar-refractivity contribution in [1.82, 2.24) is 10.2 Å². The van der Waals surface area contributed by atoms with E-state index >= 15 is 0 Å². The fourth-order valence-corrected chi connectivity index (χ4v) is 0.991. The summed E-state index contributed by atoms with van der Waals surface area (Å²) < 4.78 is 0. The molecule has 1 heterocycles. The van der Waals surface area contributed by atoms with Gasteiger partial charge in [-0.05, 0) is 23.5 Å². The topological polar surface area (TPSA) is 71.8 Å². The molecule has 12 heavy (non-hydrogen) atoms. The summed E-state index contributed by atoms with van der Waals surface area (Å²) in [6.45, 7) is 0. The molecule has 0 aliphatic rings. The second-order valence-electron chi connectivity index (χ2n) is 2.33. The van der Waals surface area contributed by atoms with Crippen molar-refractivity contribution in [3.05, 3.63) is 21.9 Å². The molecule has 5 nitrogen and oxygen atoms in total. The van der Waals surface area contributed by atoms with Gasteiger partial charge >= 0.3 is 5.82 Å². The van der Waals surface area contributed by atoms with E-state index in [0.717, 1.165) is 24.3 Å². The van der Waals surface area contributed by atoms with Gasteiger partial charge in [-0.2, -0.15) is 12.6 Å². The summed E-state index contributed by atoms with van der Waals surface area (Å²) in [6, 6.07) is 1.45. The lowest BCUT2D eigenvalue weighted by molar-refractivity contribution is -0.389. The number of H-pyrrole nitrogens is 1. The minimum atomic E-state index is -0.489. The Labute approximate surface area is 74.7 Å². The van der Waals surface area contributed by atoms with Crippen molar-refractivity contribution in [2.45, 2.75) is 12.8 Å². The van der Waals surface area contributed by atoms with Crippen LogP contribution in [0.25, 0.3) is 0 Å². The molecule has 0 atom stereocenters. The van der Waals surface area contributed by atoms with Crippen LogP contribution in [0.4, 0.5) is 5.82 Å². The summed E-state index contributed by atoms with van der Waals surface area (Å²) in [7, 11) is 0. The van der Waals surface area contributed by atoms with Gasteiger partial charge in [-0.1, -0.05) is 5.10 Å². The number of hydrogen-bond donors (Lipinski definition) is 2. The zero-order valence-corrected chi connectivity index (χ0v) is 7.25. The molecule has 1 rings (SSSR count). The maximum Gasteiger partial charge on any atom is 0.342 e. The molecule has 0 spiro atoms. The Kier molecular flexibility index (Phi) is 3.09. The number of thiol groups is 1. The summed E-state index contributed by atoms with van der Waals surface area (Å²) in [6.07, 6.45) is 1.61. The fourth-order valence-electron chi connectivity index (χ4n) is 0.833. The number of hydrogen-bond acceptors (Lipinski definition) is 4. The first-order chi connectivity index (χ1) is 5.74. The van der Waals surface area contributed by atoms with E-state index in [4.69, 9.17) is 0 Å². The Morgan fingerprint density at radius 3 is 3.00 bits per heavy atom. The van der Waals surface area contributed by atoms with Gasteiger partial charge < -0.3 is 10.1 Å². The number of aryl methyl sites for hydroxylation is 1. The highest BCUT2D eigenvalue weighted by atomic mass is 32.1. The van der Waals surface area contributed by atoms with E-state index in [1.54, 1.807) is 0 Å². The van der Waals surface area contributed by atoms with Gasteiger partial charge in [0.2, 0.25) is 0 Å². The normalized spacial score (nSPS) is 10.1. The Morgan fingerprint density at radius 2 is 2.50 bits per heavy atom. The van der Waals surface area contributed by atoms with E-state index in [1.807, 2.05) is 0 Å². The van der Waals surface area contributed by atoms with E-state index in [1.165, 1.54) is 6.07 Å². The van der Waals surface area contributed by atoms with Crippen molar-refractivity contribution < 1.29 is 4.92 Å². The van der Waals surface area contributed by atoms with Crippen LogP contribution in [0.15, 0.2) is 6.07 Å². The molecule has 0 fully saturated rings. The van der Waals surface area contributed by atoms with Gasteiger partial charge in [0, 0.05) is 0 Å². The van der Waals surface area contributed by atoms with Gasteiger partial charge in [0.05, 0.1) is 11.8 Å². The quantitative estimate of drug-likeness (QED) is 0.422. The molecular formula is C6H9N3O2S. The predicted molar refractivity (Wildman–Crippen MR) is 47.4 cm³/mol. The SMILES string of the molecule is O=[N+]([O-])c1cc(CCCS)n[nH]1. The second kappa shape index (κ2) is 4.10. The average Bonchev–Trinajstić information content (AvgIpc) is 2.48. The predicted octanol–water partition coefficient (Wildman–Crippen LogP) is 1.18. The minimum Gasteiger partial charge on any atom is -0.358 e. The largest absolute Gasteiger partial charge is 0.358 e. The van der Waals surface area contributed by atoms with Crippen LogP contribution in [0.3, 0.4) is 0 Å². The molecule has 0 bridgehead atoms. The van der Waals surface area contributed by atoms with E-state index in [2.05, 4.69) is 22.8 Å². The lowest BCUT2D eigenvalue weighted by Crippen LogP contribution is -1.86. The number of nitrogens with zero attached hydrogens (tertiary/aromatic N) is 2. The van der Waals surface area contributed by atoms with Crippen LogP contribution < -0.4 is 0 Å². The van der Waals surface area contributed by atoms with Crippen LogP contribution in [-0.4, -0.2) is 20.9 Å². The first-order valence-electron chi connectivity index (χ1n) is 3.53. The molecule has 1 N–H and O–H groups in total. The van der Waals surface area contributed by atoms with Gasteiger partial charge in [0.15, 0.2) is 0 Å². The lowest BCUT2D eigenvalue weighted by Gasteiger charge is -1.88. The van der Waals surface area contributed by atoms with Gasteiger partial charge in [-0.15, -0.1) is 5.10 Å². The highest BCUT2D eigenvalue weighted by Gasteiger charge is 2.08. The van der Waals surface area contributed by atoms with E-state index < -0.39 is 4.92 Å². The van der Waals surface area contributed by atoms with E-state index in [9.17, 15) is 10.1 Å². The zero-order valence-electron chi connectivity index (χ0n) is 6.36. The van der Waals surface area contributed by atoms with Crippen LogP contribution in [0.2, 0.25) is 0 Å². The molecule has 0 unspecified atom stereocenters. The fraction of sp³-hybridized carbons (Fsp3) is 0.500. The Morgan fingerprint density at radius 1 is 1.75 bits per heavy atom. The highest BCUT2D eigenvalue weighted by molar-refractivity contribution is 7.80. The third kappa shape index (κ3) is 2.23. The highest BCUT2D eigenvalue weighted by Crippen LogP contribution is 2.09. The smallest absolute Gasteiger partial charge is 0.342 e. The molecule has 0 aromatic carbocycles. The molecular weight excluding hydrogens is 178 g/mol. The molecule has 6 heteroatoms. The van der Waals surface area contributed by atoms with Crippen LogP contribution in [0.5, 0.6) is 0 Å². The monoisotopic (exact) mass is 187 g/mol. The summed E-state index contributed by atoms with van der Waals surface area (Å²) >= 11 is 4.03. The Hall–Kier alpha value is -1.04. The molecule has 0 amide bonds. The number of nitro groups is 1. The number of aromatic amines is 1. The Balaban J connectivity index is 2.58. The minimum absolute atomic E-state index is 0.0517. The van der Waals surface area contributed by atoms with E-state index in [-0.39, 0.29) is 5.82 Å². The maximum atomic E-state index is 10.2.